The first-order chi connectivity index (χ1) is 11.5. The number of aromatic nitrogens is 2. The number of thioether (sulfide) groups is 1. The van der Waals surface area contributed by atoms with Crippen LogP contribution in [0.1, 0.15) is 24.4 Å². The summed E-state index contributed by atoms with van der Waals surface area (Å²) in [6, 6.07) is 6.12. The van der Waals surface area contributed by atoms with Gasteiger partial charge in [0.25, 0.3) is 5.91 Å². The lowest BCUT2D eigenvalue weighted by Gasteiger charge is -2.11. The number of hydrogen-bond acceptors (Lipinski definition) is 6. The van der Waals surface area contributed by atoms with Crippen molar-refractivity contribution in [3.8, 4) is 0 Å². The maximum Gasteiger partial charge on any atom is 0.267 e. The van der Waals surface area contributed by atoms with Crippen LogP contribution in [0.3, 0.4) is 0 Å². The zero-order valence-electron chi connectivity index (χ0n) is 13.4. The van der Waals surface area contributed by atoms with E-state index in [1.54, 1.807) is 17.0 Å². The molecule has 1 fully saturated rings. The molecule has 1 aliphatic heterocycles. The summed E-state index contributed by atoms with van der Waals surface area (Å²) >= 11 is 2.69. The van der Waals surface area contributed by atoms with Gasteiger partial charge in [0.05, 0.1) is 4.91 Å². The maximum absolute atomic E-state index is 13.1. The van der Waals surface area contributed by atoms with Crippen molar-refractivity contribution in [2.45, 2.75) is 20.8 Å². The Morgan fingerprint density at radius 1 is 1.29 bits per heavy atom. The van der Waals surface area contributed by atoms with Gasteiger partial charge in [-0.1, -0.05) is 23.5 Å². The number of allylic oxidation sites excluding steroid dienone is 1. The van der Waals surface area contributed by atoms with E-state index in [-0.39, 0.29) is 11.7 Å². The molecule has 5 nitrogen and oxygen atoms in total. The van der Waals surface area contributed by atoms with Gasteiger partial charge in [0, 0.05) is 6.54 Å². The van der Waals surface area contributed by atoms with Crippen LogP contribution in [0.15, 0.2) is 34.2 Å². The molecule has 0 saturated carbocycles. The van der Waals surface area contributed by atoms with Crippen LogP contribution in [0.4, 0.5) is 9.52 Å². The van der Waals surface area contributed by atoms with Crippen molar-refractivity contribution in [2.75, 3.05) is 6.54 Å². The van der Waals surface area contributed by atoms with E-state index in [1.807, 2.05) is 20.8 Å². The molecule has 0 unspecified atom stereocenters. The van der Waals surface area contributed by atoms with Crippen molar-refractivity contribution in [1.82, 2.24) is 15.1 Å². The highest BCUT2D eigenvalue weighted by molar-refractivity contribution is 8.18. The number of halogens is 1. The molecule has 124 valence electrons. The van der Waals surface area contributed by atoms with Gasteiger partial charge in [0.1, 0.15) is 10.8 Å². The number of aryl methyl sites for hydroxylation is 1. The molecule has 24 heavy (non-hydrogen) atoms. The van der Waals surface area contributed by atoms with E-state index < -0.39 is 0 Å². The molecule has 0 N–H and O–H groups in total. The first kappa shape index (κ1) is 16.8. The molecule has 0 bridgehead atoms. The number of carbonyl (C=O) groups is 1. The molecule has 2 aromatic rings. The minimum Gasteiger partial charge on any atom is -0.287 e. The Balaban J connectivity index is 1.98. The fraction of sp³-hybridized carbons (Fsp3) is 0.250. The van der Waals surface area contributed by atoms with Crippen LogP contribution >= 0.6 is 23.1 Å². The smallest absolute Gasteiger partial charge is 0.267 e. The van der Waals surface area contributed by atoms with Crippen LogP contribution in [0.25, 0.3) is 5.57 Å². The molecule has 1 aromatic carbocycles. The quantitative estimate of drug-likeness (QED) is 0.775. The molecule has 1 saturated heterocycles. The van der Waals surface area contributed by atoms with E-state index >= 15 is 0 Å². The van der Waals surface area contributed by atoms with Crippen molar-refractivity contribution in [3.05, 3.63) is 45.6 Å². The van der Waals surface area contributed by atoms with Gasteiger partial charge in [-0.2, -0.15) is 4.99 Å². The number of amidine groups is 1. The second kappa shape index (κ2) is 6.82. The van der Waals surface area contributed by atoms with E-state index in [0.717, 1.165) is 16.1 Å². The highest BCUT2D eigenvalue weighted by atomic mass is 32.2. The van der Waals surface area contributed by atoms with Gasteiger partial charge in [-0.25, -0.2) is 4.39 Å². The molecule has 3 rings (SSSR count). The molecule has 1 aliphatic rings. The molecule has 0 aliphatic carbocycles. The molecular formula is C16H15FN4OS2. The Hall–Kier alpha value is -2.06. The third kappa shape index (κ3) is 3.25. The third-order valence-corrected chi connectivity index (χ3v) is 5.42. The Morgan fingerprint density at radius 3 is 2.58 bits per heavy atom. The van der Waals surface area contributed by atoms with E-state index in [4.69, 9.17) is 0 Å². The number of rotatable bonds is 3. The fourth-order valence-corrected chi connectivity index (χ4v) is 3.97. The summed E-state index contributed by atoms with van der Waals surface area (Å²) in [5.74, 6) is -0.393. The Bertz CT molecular complexity index is 842. The summed E-state index contributed by atoms with van der Waals surface area (Å²) in [4.78, 5) is 19.4. The summed E-state index contributed by atoms with van der Waals surface area (Å²) in [6.45, 7) is 6.13. The molecule has 2 heterocycles. The normalized spacial score (nSPS) is 18.6. The molecule has 1 amide bonds. The predicted molar refractivity (Wildman–Crippen MR) is 95.7 cm³/mol. The van der Waals surface area contributed by atoms with Crippen LogP contribution in [-0.4, -0.2) is 32.7 Å². The molecule has 8 heteroatoms. The Morgan fingerprint density at radius 2 is 2.00 bits per heavy atom. The van der Waals surface area contributed by atoms with Crippen molar-refractivity contribution >= 4 is 44.9 Å². The van der Waals surface area contributed by atoms with E-state index in [1.165, 1.54) is 35.2 Å². The van der Waals surface area contributed by atoms with Gasteiger partial charge in [0.15, 0.2) is 5.17 Å². The highest BCUT2D eigenvalue weighted by Crippen LogP contribution is 2.37. The van der Waals surface area contributed by atoms with Crippen LogP contribution in [-0.2, 0) is 4.79 Å². The first-order valence-corrected chi connectivity index (χ1v) is 8.98. The number of amides is 1. The molecule has 0 atom stereocenters. The van der Waals surface area contributed by atoms with E-state index in [0.29, 0.717) is 21.7 Å². The largest absolute Gasteiger partial charge is 0.287 e. The number of carbonyl (C=O) groups excluding carboxylic acids is 1. The van der Waals surface area contributed by atoms with Gasteiger partial charge in [0.2, 0.25) is 5.13 Å². The van der Waals surface area contributed by atoms with Crippen LogP contribution < -0.4 is 0 Å². The first-order valence-electron chi connectivity index (χ1n) is 7.35. The van der Waals surface area contributed by atoms with Gasteiger partial charge >= 0.3 is 0 Å². The van der Waals surface area contributed by atoms with Crippen molar-refractivity contribution in [3.63, 3.8) is 0 Å². The number of benzene rings is 1. The van der Waals surface area contributed by atoms with Gasteiger partial charge in [-0.15, -0.1) is 10.2 Å². The maximum atomic E-state index is 13.1. The lowest BCUT2D eigenvalue weighted by atomic mass is 10.1. The SMILES string of the molecule is CCN1C(=O)/C(=C(\C)c2ccc(F)cc2)S/C1=N/c1nnc(C)s1. The molecule has 0 radical (unpaired) electrons. The summed E-state index contributed by atoms with van der Waals surface area (Å²) in [6.07, 6.45) is 0. The van der Waals surface area contributed by atoms with Crippen molar-refractivity contribution in [2.24, 2.45) is 4.99 Å². The number of aliphatic imine (C=N–C) groups is 1. The summed E-state index contributed by atoms with van der Waals surface area (Å²) in [5.41, 5.74) is 1.62. The Labute approximate surface area is 147 Å². The van der Waals surface area contributed by atoms with Crippen molar-refractivity contribution < 1.29 is 9.18 Å². The van der Waals surface area contributed by atoms with Crippen LogP contribution in [0.5, 0.6) is 0 Å². The van der Waals surface area contributed by atoms with Crippen molar-refractivity contribution in [1.29, 1.82) is 0 Å². The lowest BCUT2D eigenvalue weighted by Crippen LogP contribution is -2.28. The lowest BCUT2D eigenvalue weighted by molar-refractivity contribution is -0.122. The minimum atomic E-state index is -0.300. The number of nitrogens with zero attached hydrogens (tertiary/aromatic N) is 4. The standard InChI is InChI=1S/C16H15FN4OS2/c1-4-21-14(22)13(9(2)11-5-7-12(17)8-6-11)24-16(21)18-15-20-19-10(3)23-15/h5-8H,4H2,1-3H3/b13-9-,18-16+. The summed E-state index contributed by atoms with van der Waals surface area (Å²) in [7, 11) is 0. The van der Waals surface area contributed by atoms with E-state index in [9.17, 15) is 9.18 Å². The van der Waals surface area contributed by atoms with Gasteiger partial charge in [-0.3, -0.25) is 9.69 Å². The second-order valence-corrected chi connectivity index (χ2v) is 7.25. The monoisotopic (exact) mass is 362 g/mol. The zero-order chi connectivity index (χ0) is 17.3. The molecule has 1 aromatic heterocycles. The van der Waals surface area contributed by atoms with Gasteiger partial charge in [-0.05, 0) is 55.8 Å². The summed E-state index contributed by atoms with van der Waals surface area (Å²) in [5, 5.41) is 9.87. The van der Waals surface area contributed by atoms with Crippen LogP contribution in [0, 0.1) is 12.7 Å². The topological polar surface area (TPSA) is 58.5 Å². The number of likely N-dealkylation sites (N-methyl/N-ethyl adjacent to an activating group) is 1. The Kier molecular flexibility index (Phi) is 4.77. The van der Waals surface area contributed by atoms with E-state index in [2.05, 4.69) is 15.2 Å². The average molecular weight is 362 g/mol. The number of hydrogen-bond donors (Lipinski definition) is 0. The molecular weight excluding hydrogens is 347 g/mol. The van der Waals surface area contributed by atoms with Gasteiger partial charge < -0.3 is 0 Å². The summed E-state index contributed by atoms with van der Waals surface area (Å²) < 4.78 is 13.1. The predicted octanol–water partition coefficient (Wildman–Crippen LogP) is 4.00. The minimum absolute atomic E-state index is 0.0932. The zero-order valence-corrected chi connectivity index (χ0v) is 15.0. The average Bonchev–Trinajstić information content (AvgIpc) is 3.11. The fourth-order valence-electron chi connectivity index (χ4n) is 2.24. The highest BCUT2D eigenvalue weighted by Gasteiger charge is 2.34. The van der Waals surface area contributed by atoms with Crippen LogP contribution in [0.2, 0.25) is 0 Å². The second-order valence-electron chi connectivity index (χ2n) is 5.11. The molecule has 0 spiro atoms. The third-order valence-electron chi connectivity index (χ3n) is 3.50.